The van der Waals surface area contributed by atoms with Crippen LogP contribution in [0.1, 0.15) is 5.56 Å². The van der Waals surface area contributed by atoms with E-state index in [2.05, 4.69) is 10.3 Å². The first-order valence-electron chi connectivity index (χ1n) is 6.86. The van der Waals surface area contributed by atoms with Crippen LogP contribution in [-0.2, 0) is 17.8 Å². The first-order chi connectivity index (χ1) is 10.3. The molecule has 2 aromatic rings. The number of rotatable bonds is 9. The summed E-state index contributed by atoms with van der Waals surface area (Å²) in [5.41, 5.74) is 0.880. The third-order valence-electron chi connectivity index (χ3n) is 2.97. The van der Waals surface area contributed by atoms with Crippen LogP contribution in [0.4, 0.5) is 4.39 Å². The van der Waals surface area contributed by atoms with Crippen LogP contribution < -0.4 is 10.1 Å². The molecule has 1 N–H and O–H groups in total. The van der Waals surface area contributed by atoms with Gasteiger partial charge in [0, 0.05) is 32.6 Å². The Morgan fingerprint density at radius 3 is 2.95 bits per heavy atom. The summed E-state index contributed by atoms with van der Waals surface area (Å²) in [4.78, 5) is 3.94. The summed E-state index contributed by atoms with van der Waals surface area (Å²) in [7, 11) is 1.65. The Morgan fingerprint density at radius 1 is 1.33 bits per heavy atom. The monoisotopic (exact) mass is 293 g/mol. The van der Waals surface area contributed by atoms with E-state index >= 15 is 0 Å². The number of benzene rings is 1. The topological polar surface area (TPSA) is 48.3 Å². The van der Waals surface area contributed by atoms with E-state index in [0.717, 1.165) is 12.1 Å². The molecule has 6 heteroatoms. The molecule has 0 bridgehead atoms. The molecule has 0 spiro atoms. The Morgan fingerprint density at radius 2 is 2.24 bits per heavy atom. The Bertz CT molecular complexity index is 532. The zero-order valence-electron chi connectivity index (χ0n) is 12.1. The van der Waals surface area contributed by atoms with E-state index in [0.29, 0.717) is 26.3 Å². The normalized spacial score (nSPS) is 10.8. The molecule has 5 nitrogen and oxygen atoms in total. The van der Waals surface area contributed by atoms with Gasteiger partial charge >= 0.3 is 0 Å². The van der Waals surface area contributed by atoms with Crippen LogP contribution in [0.3, 0.4) is 0 Å². The van der Waals surface area contributed by atoms with E-state index in [-0.39, 0.29) is 11.6 Å². The summed E-state index contributed by atoms with van der Waals surface area (Å²) in [6.07, 6.45) is 5.25. The van der Waals surface area contributed by atoms with Gasteiger partial charge in [0.15, 0.2) is 11.6 Å². The largest absolute Gasteiger partial charge is 0.489 e. The number of aromatic nitrogens is 2. The fourth-order valence-corrected chi connectivity index (χ4v) is 1.86. The highest BCUT2D eigenvalue weighted by Gasteiger charge is 2.05. The average molecular weight is 293 g/mol. The second-order valence-electron chi connectivity index (χ2n) is 4.58. The predicted octanol–water partition coefficient (Wildman–Crippen LogP) is 1.84. The van der Waals surface area contributed by atoms with Crippen LogP contribution in [0.2, 0.25) is 0 Å². The first-order valence-corrected chi connectivity index (χ1v) is 6.86. The molecule has 0 fully saturated rings. The van der Waals surface area contributed by atoms with Crippen LogP contribution >= 0.6 is 0 Å². The van der Waals surface area contributed by atoms with E-state index in [1.165, 1.54) is 6.07 Å². The molecule has 114 valence electrons. The van der Waals surface area contributed by atoms with Gasteiger partial charge < -0.3 is 19.4 Å². The van der Waals surface area contributed by atoms with Gasteiger partial charge in [-0.05, 0) is 17.7 Å². The van der Waals surface area contributed by atoms with Crippen molar-refractivity contribution in [2.45, 2.75) is 13.1 Å². The summed E-state index contributed by atoms with van der Waals surface area (Å²) in [5, 5.41) is 3.17. The zero-order chi connectivity index (χ0) is 14.9. The molecule has 0 saturated carbocycles. The van der Waals surface area contributed by atoms with Gasteiger partial charge in [-0.25, -0.2) is 9.37 Å². The number of halogens is 1. The van der Waals surface area contributed by atoms with E-state index < -0.39 is 0 Å². The van der Waals surface area contributed by atoms with Gasteiger partial charge in [-0.2, -0.15) is 0 Å². The van der Waals surface area contributed by atoms with E-state index in [9.17, 15) is 4.39 Å². The lowest BCUT2D eigenvalue weighted by Crippen LogP contribution is -2.18. The lowest BCUT2D eigenvalue weighted by atomic mass is 10.2. The molecular weight excluding hydrogens is 273 g/mol. The van der Waals surface area contributed by atoms with Crippen molar-refractivity contribution < 1.29 is 13.9 Å². The maximum atomic E-state index is 13.9. The number of hydrogen-bond donors (Lipinski definition) is 1. The molecule has 0 unspecified atom stereocenters. The Kier molecular flexibility index (Phi) is 6.18. The van der Waals surface area contributed by atoms with E-state index in [4.69, 9.17) is 9.47 Å². The van der Waals surface area contributed by atoms with Gasteiger partial charge in [-0.1, -0.05) is 6.07 Å². The Hall–Kier alpha value is -1.92. The van der Waals surface area contributed by atoms with Crippen LogP contribution in [0.25, 0.3) is 0 Å². The average Bonchev–Trinajstić information content (AvgIpc) is 2.99. The molecule has 1 heterocycles. The van der Waals surface area contributed by atoms with Crippen molar-refractivity contribution in [1.82, 2.24) is 14.9 Å². The van der Waals surface area contributed by atoms with Gasteiger partial charge in [0.1, 0.15) is 6.61 Å². The van der Waals surface area contributed by atoms with Gasteiger partial charge in [0.2, 0.25) is 0 Å². The highest BCUT2D eigenvalue weighted by molar-refractivity contribution is 5.29. The van der Waals surface area contributed by atoms with E-state index in [1.807, 2.05) is 16.8 Å². The number of nitrogens with one attached hydrogen (secondary N) is 1. The highest BCUT2D eigenvalue weighted by Crippen LogP contribution is 2.18. The second-order valence-corrected chi connectivity index (χ2v) is 4.58. The maximum absolute atomic E-state index is 13.9. The van der Waals surface area contributed by atoms with Crippen LogP contribution in [-0.4, -0.2) is 36.4 Å². The summed E-state index contributed by atoms with van der Waals surface area (Å²) in [6.45, 7) is 3.02. The minimum Gasteiger partial charge on any atom is -0.489 e. The van der Waals surface area contributed by atoms with E-state index in [1.54, 1.807) is 25.7 Å². The summed E-state index contributed by atoms with van der Waals surface area (Å²) in [5.74, 6) is -0.0672. The Balaban J connectivity index is 1.78. The number of ether oxygens (including phenoxy) is 2. The molecular formula is C15H20FN3O2. The van der Waals surface area contributed by atoms with Crippen LogP contribution in [0, 0.1) is 5.82 Å². The van der Waals surface area contributed by atoms with Crippen molar-refractivity contribution >= 4 is 0 Å². The SMILES string of the molecule is COCCNCc1ccc(OCCn2ccnc2)c(F)c1. The number of nitrogens with zero attached hydrogens (tertiary/aromatic N) is 2. The molecule has 1 aromatic carbocycles. The van der Waals surface area contributed by atoms with Gasteiger partial charge in [0.25, 0.3) is 0 Å². The van der Waals surface area contributed by atoms with Crippen molar-refractivity contribution in [3.05, 3.63) is 48.3 Å². The van der Waals surface area contributed by atoms with Crippen LogP contribution in [0.15, 0.2) is 36.9 Å². The highest BCUT2D eigenvalue weighted by atomic mass is 19.1. The molecule has 2 rings (SSSR count). The van der Waals surface area contributed by atoms with Crippen molar-refractivity contribution in [3.63, 3.8) is 0 Å². The third-order valence-corrected chi connectivity index (χ3v) is 2.97. The van der Waals surface area contributed by atoms with Crippen molar-refractivity contribution in [3.8, 4) is 5.75 Å². The molecule has 0 aliphatic carbocycles. The second kappa shape index (κ2) is 8.39. The lowest BCUT2D eigenvalue weighted by molar-refractivity contribution is 0.199. The minimum atomic E-state index is -0.341. The third kappa shape index (κ3) is 5.17. The molecule has 0 saturated heterocycles. The van der Waals surface area contributed by atoms with Gasteiger partial charge in [-0.3, -0.25) is 0 Å². The zero-order valence-corrected chi connectivity index (χ0v) is 12.1. The first kappa shape index (κ1) is 15.5. The summed E-state index contributed by atoms with van der Waals surface area (Å²) >= 11 is 0. The smallest absolute Gasteiger partial charge is 0.165 e. The summed E-state index contributed by atoms with van der Waals surface area (Å²) in [6, 6.07) is 5.01. The predicted molar refractivity (Wildman–Crippen MR) is 77.7 cm³/mol. The minimum absolute atomic E-state index is 0.274. The van der Waals surface area contributed by atoms with Crippen molar-refractivity contribution in [2.24, 2.45) is 0 Å². The van der Waals surface area contributed by atoms with Crippen molar-refractivity contribution in [1.29, 1.82) is 0 Å². The molecule has 0 atom stereocenters. The summed E-state index contributed by atoms with van der Waals surface area (Å²) < 4.78 is 26.2. The maximum Gasteiger partial charge on any atom is 0.165 e. The Labute approximate surface area is 123 Å². The standard InChI is InChI=1S/C15H20FN3O2/c1-20-8-5-17-11-13-2-3-15(14(16)10-13)21-9-7-19-6-4-18-12-19/h2-4,6,10,12,17H,5,7-9,11H2,1H3. The molecule has 0 amide bonds. The lowest BCUT2D eigenvalue weighted by Gasteiger charge is -2.09. The fourth-order valence-electron chi connectivity index (χ4n) is 1.86. The van der Waals surface area contributed by atoms with Crippen LogP contribution in [0.5, 0.6) is 5.75 Å². The molecule has 0 radical (unpaired) electrons. The quantitative estimate of drug-likeness (QED) is 0.717. The molecule has 0 aliphatic rings. The number of hydrogen-bond acceptors (Lipinski definition) is 4. The van der Waals surface area contributed by atoms with Crippen molar-refractivity contribution in [2.75, 3.05) is 26.9 Å². The molecule has 21 heavy (non-hydrogen) atoms. The number of imidazole rings is 1. The van der Waals surface area contributed by atoms with Gasteiger partial charge in [0.05, 0.1) is 19.5 Å². The molecule has 1 aromatic heterocycles. The molecule has 0 aliphatic heterocycles. The fraction of sp³-hybridized carbons (Fsp3) is 0.400. The van der Waals surface area contributed by atoms with Gasteiger partial charge in [-0.15, -0.1) is 0 Å². The number of methoxy groups -OCH3 is 1.